The molecule has 3 saturated heterocycles. The molecule has 0 amide bonds. The number of hydrogen-bond acceptors (Lipinski definition) is 6. The highest BCUT2D eigenvalue weighted by atomic mass is 31.2. The summed E-state index contributed by atoms with van der Waals surface area (Å²) in [5.41, 5.74) is 0. The van der Waals surface area contributed by atoms with Crippen molar-refractivity contribution in [1.29, 1.82) is 0 Å². The van der Waals surface area contributed by atoms with E-state index in [1.165, 1.54) is 0 Å². The molecule has 0 N–H and O–H groups in total. The molecule has 25 heavy (non-hydrogen) atoms. The highest BCUT2D eigenvalue weighted by molar-refractivity contribution is 7.56. The van der Waals surface area contributed by atoms with Crippen molar-refractivity contribution in [2.24, 2.45) is 0 Å². The summed E-state index contributed by atoms with van der Waals surface area (Å²) in [5, 5.41) is 1.04. The number of hydrogen-bond donors (Lipinski definition) is 0. The summed E-state index contributed by atoms with van der Waals surface area (Å²) < 4.78 is 36.2. The van der Waals surface area contributed by atoms with Gasteiger partial charge in [-0.25, -0.2) is 0 Å². The molecule has 3 fully saturated rings. The standard InChI is InChI=1S/C18H25O6P/c1-17(2)19-10-13(21-17)15-16(14-11-20-18(3,4)22-14)24-25(23-15)12-8-6-5-7-9-12/h5-9,13-16H,10-11H2,1-4H3/t13?,14?,15-,16-,25?/m1/s1. The summed E-state index contributed by atoms with van der Waals surface area (Å²) in [6, 6.07) is 10.0. The molecule has 138 valence electrons. The second-order valence-electron chi connectivity index (χ2n) is 7.47. The van der Waals surface area contributed by atoms with Crippen LogP contribution in [0.4, 0.5) is 0 Å². The Morgan fingerprint density at radius 2 is 1.28 bits per heavy atom. The van der Waals surface area contributed by atoms with E-state index in [0.29, 0.717) is 13.2 Å². The van der Waals surface area contributed by atoms with E-state index in [1.807, 2.05) is 58.0 Å². The first-order chi connectivity index (χ1) is 11.8. The minimum Gasteiger partial charge on any atom is -0.348 e. The molecule has 0 saturated carbocycles. The minimum atomic E-state index is -1.18. The average Bonchev–Trinajstić information content (AvgIpc) is 3.24. The van der Waals surface area contributed by atoms with Crippen LogP contribution in [0.5, 0.6) is 0 Å². The zero-order valence-electron chi connectivity index (χ0n) is 15.0. The van der Waals surface area contributed by atoms with Crippen molar-refractivity contribution in [3.8, 4) is 0 Å². The summed E-state index contributed by atoms with van der Waals surface area (Å²) in [5.74, 6) is -1.22. The maximum absolute atomic E-state index is 6.32. The summed E-state index contributed by atoms with van der Waals surface area (Å²) in [6.07, 6.45) is -0.891. The van der Waals surface area contributed by atoms with Crippen molar-refractivity contribution < 1.29 is 28.0 Å². The minimum absolute atomic E-state index is 0.191. The topological polar surface area (TPSA) is 55.4 Å². The third kappa shape index (κ3) is 3.76. The molecular weight excluding hydrogens is 343 g/mol. The van der Waals surface area contributed by atoms with Gasteiger partial charge >= 0.3 is 0 Å². The maximum Gasteiger partial charge on any atom is 0.206 e. The summed E-state index contributed by atoms with van der Waals surface area (Å²) >= 11 is 0. The molecule has 1 aromatic carbocycles. The van der Waals surface area contributed by atoms with Gasteiger partial charge in [0.05, 0.1) is 13.2 Å². The van der Waals surface area contributed by atoms with Crippen LogP contribution >= 0.6 is 8.38 Å². The van der Waals surface area contributed by atoms with Crippen LogP contribution in [0.2, 0.25) is 0 Å². The molecular formula is C18H25O6P. The largest absolute Gasteiger partial charge is 0.348 e. The zero-order chi connectivity index (χ0) is 17.7. The first-order valence-electron chi connectivity index (χ1n) is 8.65. The normalized spacial score (nSPS) is 39.8. The first kappa shape index (κ1) is 17.8. The molecule has 3 aliphatic heterocycles. The van der Waals surface area contributed by atoms with Gasteiger partial charge in [0.1, 0.15) is 24.4 Å². The van der Waals surface area contributed by atoms with E-state index in [2.05, 4.69) is 0 Å². The lowest BCUT2D eigenvalue weighted by atomic mass is 10.0. The fourth-order valence-electron chi connectivity index (χ4n) is 3.35. The summed E-state index contributed by atoms with van der Waals surface area (Å²) in [6.45, 7) is 8.61. The van der Waals surface area contributed by atoms with E-state index in [0.717, 1.165) is 5.30 Å². The van der Waals surface area contributed by atoms with Crippen molar-refractivity contribution in [3.05, 3.63) is 30.3 Å². The number of benzene rings is 1. The SMILES string of the molecule is CC1(C)OCC([C@H]2OP(c3ccccc3)O[C@@H]2C2COC(C)(C)O2)O1. The van der Waals surface area contributed by atoms with Gasteiger partial charge in [-0.3, -0.25) is 0 Å². The molecule has 7 heteroatoms. The van der Waals surface area contributed by atoms with Crippen molar-refractivity contribution >= 4 is 13.7 Å². The fraction of sp³-hybridized carbons (Fsp3) is 0.667. The van der Waals surface area contributed by atoms with Crippen LogP contribution in [-0.4, -0.2) is 49.2 Å². The molecule has 4 rings (SSSR count). The van der Waals surface area contributed by atoms with Crippen molar-refractivity contribution in [2.75, 3.05) is 13.2 Å². The number of ether oxygens (including phenoxy) is 4. The predicted molar refractivity (Wildman–Crippen MR) is 92.6 cm³/mol. The Bertz CT molecular complexity index is 573. The molecule has 0 aromatic heterocycles. The Morgan fingerprint density at radius 1 is 0.800 bits per heavy atom. The van der Waals surface area contributed by atoms with Crippen molar-refractivity contribution in [1.82, 2.24) is 0 Å². The fourth-order valence-corrected chi connectivity index (χ4v) is 5.01. The molecule has 3 aliphatic rings. The second kappa shape index (κ2) is 6.54. The van der Waals surface area contributed by atoms with Crippen LogP contribution in [0.15, 0.2) is 30.3 Å². The molecule has 2 unspecified atom stereocenters. The van der Waals surface area contributed by atoms with E-state index in [4.69, 9.17) is 28.0 Å². The molecule has 0 aliphatic carbocycles. The third-order valence-electron chi connectivity index (χ3n) is 4.52. The van der Waals surface area contributed by atoms with Crippen LogP contribution in [0, 0.1) is 0 Å². The average molecular weight is 368 g/mol. The Labute approximate surface area is 149 Å². The summed E-state index contributed by atoms with van der Waals surface area (Å²) in [4.78, 5) is 0. The highest BCUT2D eigenvalue weighted by Crippen LogP contribution is 2.51. The van der Waals surface area contributed by atoms with Gasteiger partial charge in [-0.2, -0.15) is 0 Å². The maximum atomic E-state index is 6.32. The third-order valence-corrected chi connectivity index (χ3v) is 6.11. The highest BCUT2D eigenvalue weighted by Gasteiger charge is 2.53. The van der Waals surface area contributed by atoms with E-state index >= 15 is 0 Å². The van der Waals surface area contributed by atoms with Gasteiger partial charge in [-0.15, -0.1) is 0 Å². The van der Waals surface area contributed by atoms with E-state index in [1.54, 1.807) is 0 Å². The lowest BCUT2D eigenvalue weighted by Crippen LogP contribution is -2.45. The van der Waals surface area contributed by atoms with E-state index in [9.17, 15) is 0 Å². The zero-order valence-corrected chi connectivity index (χ0v) is 15.9. The van der Waals surface area contributed by atoms with E-state index in [-0.39, 0.29) is 24.4 Å². The lowest BCUT2D eigenvalue weighted by Gasteiger charge is -2.26. The Balaban J connectivity index is 1.55. The Hall–Kier alpha value is -0.590. The molecule has 4 atom stereocenters. The molecule has 3 heterocycles. The van der Waals surface area contributed by atoms with Crippen LogP contribution in [0.3, 0.4) is 0 Å². The van der Waals surface area contributed by atoms with Crippen molar-refractivity contribution in [2.45, 2.75) is 63.7 Å². The molecule has 0 spiro atoms. The molecule has 0 radical (unpaired) electrons. The van der Waals surface area contributed by atoms with Gasteiger partial charge < -0.3 is 28.0 Å². The van der Waals surface area contributed by atoms with Crippen LogP contribution < -0.4 is 5.30 Å². The van der Waals surface area contributed by atoms with E-state index < -0.39 is 19.9 Å². The Morgan fingerprint density at radius 3 is 1.68 bits per heavy atom. The molecule has 0 bridgehead atoms. The van der Waals surface area contributed by atoms with Gasteiger partial charge in [0.2, 0.25) is 8.38 Å². The van der Waals surface area contributed by atoms with Gasteiger partial charge in [0.15, 0.2) is 11.6 Å². The molecule has 6 nitrogen and oxygen atoms in total. The lowest BCUT2D eigenvalue weighted by molar-refractivity contribution is -0.165. The van der Waals surface area contributed by atoms with Crippen LogP contribution in [0.25, 0.3) is 0 Å². The first-order valence-corrected chi connectivity index (χ1v) is 9.83. The molecule has 1 aromatic rings. The van der Waals surface area contributed by atoms with Gasteiger partial charge in [-0.05, 0) is 39.8 Å². The predicted octanol–water partition coefficient (Wildman–Crippen LogP) is 2.71. The summed E-state index contributed by atoms with van der Waals surface area (Å²) in [7, 11) is -1.18. The smallest absolute Gasteiger partial charge is 0.206 e. The number of rotatable bonds is 3. The van der Waals surface area contributed by atoms with Gasteiger partial charge in [0.25, 0.3) is 0 Å². The van der Waals surface area contributed by atoms with Crippen LogP contribution in [-0.2, 0) is 28.0 Å². The van der Waals surface area contributed by atoms with Gasteiger partial charge in [0, 0.05) is 5.30 Å². The Kier molecular flexibility index (Phi) is 4.66. The van der Waals surface area contributed by atoms with Gasteiger partial charge in [-0.1, -0.05) is 18.2 Å². The second-order valence-corrected chi connectivity index (χ2v) is 8.92. The monoisotopic (exact) mass is 368 g/mol. The van der Waals surface area contributed by atoms with Crippen LogP contribution in [0.1, 0.15) is 27.7 Å². The quantitative estimate of drug-likeness (QED) is 0.765. The van der Waals surface area contributed by atoms with Crippen molar-refractivity contribution in [3.63, 3.8) is 0 Å².